The molecular weight excluding hydrogens is 668 g/mol. The molecule has 0 amide bonds. The molecule has 6 N–H and O–H groups in total. The van der Waals surface area contributed by atoms with Crippen LogP contribution in [0.15, 0.2) is 100 Å². The molecule has 2 heterocycles. The average molecular weight is 699 g/mol. The molecule has 262 valence electrons. The smallest absolute Gasteiger partial charge is 0.338 e. The van der Waals surface area contributed by atoms with E-state index in [1.807, 2.05) is 0 Å². The number of carbonyl (C=O) groups excluding carboxylic acids is 2. The molecule has 1 saturated heterocycles. The molecule has 51 heavy (non-hydrogen) atoms. The van der Waals surface area contributed by atoms with E-state index >= 15 is 0 Å². The van der Waals surface area contributed by atoms with Gasteiger partial charge in [-0.05, 0) is 61.0 Å². The van der Waals surface area contributed by atoms with Crippen LogP contribution in [0.2, 0.25) is 0 Å². The van der Waals surface area contributed by atoms with Crippen LogP contribution in [0.1, 0.15) is 22.8 Å². The highest BCUT2D eigenvalue weighted by Gasteiger charge is 2.50. The summed E-state index contributed by atoms with van der Waals surface area (Å²) >= 11 is 0. The highest BCUT2D eigenvalue weighted by molar-refractivity contribution is 5.90. The number of rotatable bonds is 8. The number of aromatic hydroxyl groups is 5. The molecule has 5 atom stereocenters. The van der Waals surface area contributed by atoms with Crippen molar-refractivity contribution in [3.63, 3.8) is 0 Å². The molecule has 4 aromatic carbocycles. The van der Waals surface area contributed by atoms with Crippen molar-refractivity contribution in [2.24, 2.45) is 0 Å². The molecule has 0 saturated carbocycles. The van der Waals surface area contributed by atoms with Crippen LogP contribution in [0.25, 0.3) is 28.4 Å². The second-order valence-electron chi connectivity index (χ2n) is 11.5. The molecule has 1 fully saturated rings. The van der Waals surface area contributed by atoms with Gasteiger partial charge in [-0.1, -0.05) is 30.3 Å². The van der Waals surface area contributed by atoms with E-state index in [9.17, 15) is 45.0 Å². The van der Waals surface area contributed by atoms with Crippen LogP contribution in [-0.2, 0) is 19.0 Å². The standard InChI is InChI=1S/C37H30O14/c1-18-32(49-28(43)14-9-19-7-11-22(38)12-8-19)35(50-36(46)20-5-3-2-4-6-20)31(45)37(47-18)51-34-30(44)29-26(42)16-23(39)17-27(29)48-33(34)21-10-13-24(40)25(41)15-21/h2-18,31-32,35,37-42,45H,1H3/b14-9+/t18-,31+,32-,35-,37-/m0/s1. The van der Waals surface area contributed by atoms with Gasteiger partial charge in [0.25, 0.3) is 0 Å². The fraction of sp³-hybridized carbons (Fsp3) is 0.162. The van der Waals surface area contributed by atoms with Crippen molar-refractivity contribution in [3.8, 4) is 45.8 Å². The largest absolute Gasteiger partial charge is 0.508 e. The first kappa shape index (κ1) is 34.4. The van der Waals surface area contributed by atoms with Gasteiger partial charge in [0, 0.05) is 23.8 Å². The number of esters is 2. The lowest BCUT2D eigenvalue weighted by molar-refractivity contribution is -0.271. The van der Waals surface area contributed by atoms with Gasteiger partial charge in [-0.15, -0.1) is 0 Å². The summed E-state index contributed by atoms with van der Waals surface area (Å²) in [5.74, 6) is -4.90. The van der Waals surface area contributed by atoms with E-state index in [1.165, 1.54) is 43.3 Å². The summed E-state index contributed by atoms with van der Waals surface area (Å²) in [7, 11) is 0. The summed E-state index contributed by atoms with van der Waals surface area (Å²) in [5, 5.41) is 61.4. The first-order chi connectivity index (χ1) is 24.4. The minimum atomic E-state index is -1.92. The third-order valence-corrected chi connectivity index (χ3v) is 7.95. The van der Waals surface area contributed by atoms with Crippen LogP contribution >= 0.6 is 0 Å². The summed E-state index contributed by atoms with van der Waals surface area (Å²) < 4.78 is 29.0. The molecule has 1 aliphatic heterocycles. The van der Waals surface area contributed by atoms with Crippen molar-refractivity contribution in [3.05, 3.63) is 112 Å². The fourth-order valence-electron chi connectivity index (χ4n) is 5.42. The monoisotopic (exact) mass is 698 g/mol. The molecule has 0 radical (unpaired) electrons. The zero-order valence-corrected chi connectivity index (χ0v) is 26.6. The highest BCUT2D eigenvalue weighted by Crippen LogP contribution is 2.40. The van der Waals surface area contributed by atoms with E-state index in [1.54, 1.807) is 30.3 Å². The molecule has 0 bridgehead atoms. The van der Waals surface area contributed by atoms with Crippen molar-refractivity contribution >= 4 is 29.0 Å². The first-order valence-electron chi connectivity index (χ1n) is 15.4. The lowest BCUT2D eigenvalue weighted by Crippen LogP contribution is -2.61. The quantitative estimate of drug-likeness (QED) is 0.0755. The van der Waals surface area contributed by atoms with Gasteiger partial charge in [0.1, 0.15) is 28.2 Å². The van der Waals surface area contributed by atoms with E-state index in [0.29, 0.717) is 5.56 Å². The van der Waals surface area contributed by atoms with Gasteiger partial charge in [0.15, 0.2) is 35.6 Å². The van der Waals surface area contributed by atoms with Crippen LogP contribution in [-0.4, -0.2) is 73.3 Å². The van der Waals surface area contributed by atoms with Gasteiger partial charge in [0.05, 0.1) is 11.7 Å². The number of phenolic OH excluding ortho intramolecular Hbond substituents is 5. The van der Waals surface area contributed by atoms with E-state index in [0.717, 1.165) is 30.3 Å². The summed E-state index contributed by atoms with van der Waals surface area (Å²) in [5.41, 5.74) is -0.577. The Labute approximate surface area is 288 Å². The normalized spacial score (nSPS) is 20.2. The van der Waals surface area contributed by atoms with Gasteiger partial charge < -0.3 is 54.0 Å². The molecule has 14 nitrogen and oxygen atoms in total. The second kappa shape index (κ2) is 14.2. The van der Waals surface area contributed by atoms with Gasteiger partial charge in [0.2, 0.25) is 17.5 Å². The summed E-state index contributed by atoms with van der Waals surface area (Å²) in [6, 6.07) is 19.2. The Morgan fingerprint density at radius 3 is 2.22 bits per heavy atom. The molecule has 0 unspecified atom stereocenters. The van der Waals surface area contributed by atoms with Crippen LogP contribution in [0.5, 0.6) is 34.5 Å². The topological polar surface area (TPSA) is 223 Å². The van der Waals surface area contributed by atoms with Gasteiger partial charge in [-0.2, -0.15) is 0 Å². The van der Waals surface area contributed by atoms with Crippen molar-refractivity contribution in [1.29, 1.82) is 0 Å². The molecule has 5 aromatic rings. The van der Waals surface area contributed by atoms with Gasteiger partial charge in [-0.3, -0.25) is 4.79 Å². The van der Waals surface area contributed by atoms with Crippen LogP contribution in [0.3, 0.4) is 0 Å². The zero-order chi connectivity index (χ0) is 36.4. The number of aliphatic hydroxyl groups is 1. The summed E-state index contributed by atoms with van der Waals surface area (Å²) in [4.78, 5) is 40.0. The SMILES string of the molecule is C[C@@H]1O[C@@H](Oc2c(-c3ccc(O)c(O)c3)oc3cc(O)cc(O)c3c2=O)[C@H](O)[C@H](OC(=O)c2ccccc2)[C@H]1OC(=O)/C=C/c1ccc(O)cc1. The number of ether oxygens (including phenoxy) is 4. The molecule has 6 rings (SSSR count). The maximum Gasteiger partial charge on any atom is 0.338 e. The number of carbonyl (C=O) groups is 2. The van der Waals surface area contributed by atoms with Crippen molar-refractivity contribution in [1.82, 2.24) is 0 Å². The number of benzene rings is 4. The first-order valence-corrected chi connectivity index (χ1v) is 15.4. The van der Waals surface area contributed by atoms with Crippen molar-refractivity contribution in [2.75, 3.05) is 0 Å². The Kier molecular flexibility index (Phi) is 9.53. The molecule has 14 heteroatoms. The average Bonchev–Trinajstić information content (AvgIpc) is 3.10. The Morgan fingerprint density at radius 2 is 1.51 bits per heavy atom. The third kappa shape index (κ3) is 7.27. The van der Waals surface area contributed by atoms with Crippen LogP contribution < -0.4 is 10.2 Å². The number of fused-ring (bicyclic) bond motifs is 1. The van der Waals surface area contributed by atoms with E-state index in [2.05, 4.69) is 0 Å². The Morgan fingerprint density at radius 1 is 0.784 bits per heavy atom. The molecule has 0 spiro atoms. The van der Waals surface area contributed by atoms with E-state index in [4.69, 9.17) is 23.4 Å². The molecular formula is C37H30O14. The lowest BCUT2D eigenvalue weighted by Gasteiger charge is -2.42. The number of phenols is 5. The van der Waals surface area contributed by atoms with Crippen LogP contribution in [0, 0.1) is 0 Å². The minimum Gasteiger partial charge on any atom is -0.508 e. The van der Waals surface area contributed by atoms with Crippen LogP contribution in [0.4, 0.5) is 0 Å². The minimum absolute atomic E-state index is 0.000224. The lowest BCUT2D eigenvalue weighted by atomic mass is 9.99. The van der Waals surface area contributed by atoms with Gasteiger partial charge in [-0.25, -0.2) is 9.59 Å². The second-order valence-corrected chi connectivity index (χ2v) is 11.5. The number of hydrogen-bond acceptors (Lipinski definition) is 14. The van der Waals surface area contributed by atoms with E-state index in [-0.39, 0.29) is 28.2 Å². The molecule has 1 aliphatic rings. The van der Waals surface area contributed by atoms with E-state index < -0.39 is 82.2 Å². The predicted octanol–water partition coefficient (Wildman–Crippen LogP) is 4.32. The van der Waals surface area contributed by atoms with Crippen molar-refractivity contribution in [2.45, 2.75) is 37.6 Å². The van der Waals surface area contributed by atoms with Crippen molar-refractivity contribution < 1.29 is 63.6 Å². The Bertz CT molecular complexity index is 2170. The summed E-state index contributed by atoms with van der Waals surface area (Å²) in [6.45, 7) is 1.45. The molecule has 0 aliphatic carbocycles. The number of hydrogen-bond donors (Lipinski definition) is 6. The highest BCUT2D eigenvalue weighted by atomic mass is 16.7. The Balaban J connectivity index is 1.37. The number of aliphatic hydroxyl groups excluding tert-OH is 1. The fourth-order valence-corrected chi connectivity index (χ4v) is 5.42. The van der Waals surface area contributed by atoms with Gasteiger partial charge >= 0.3 is 11.9 Å². The predicted molar refractivity (Wildman–Crippen MR) is 178 cm³/mol. The Hall–Kier alpha value is -6.51. The maximum atomic E-state index is 13.9. The zero-order valence-electron chi connectivity index (χ0n) is 26.6. The summed E-state index contributed by atoms with van der Waals surface area (Å²) in [6.07, 6.45) is -5.38. The molecule has 1 aromatic heterocycles. The maximum absolute atomic E-state index is 13.9. The third-order valence-electron chi connectivity index (χ3n) is 7.95.